The van der Waals surface area contributed by atoms with E-state index in [0.29, 0.717) is 31.7 Å². The zero-order valence-corrected chi connectivity index (χ0v) is 24.6. The minimum absolute atomic E-state index is 0.00804. The number of ether oxygens (including phenoxy) is 4. The Labute approximate surface area is 250 Å². The Morgan fingerprint density at radius 2 is 1.93 bits per heavy atom. The number of rotatable bonds is 13. The molecule has 248 valence electrons. The molecule has 0 aromatic heterocycles. The molecule has 2 fully saturated rings. The van der Waals surface area contributed by atoms with E-state index in [1.807, 2.05) is 6.08 Å². The number of carbonyl (C=O) groups is 1. The van der Waals surface area contributed by atoms with Crippen molar-refractivity contribution in [2.24, 2.45) is 17.2 Å². The molecule has 1 aliphatic carbocycles. The number of aliphatic hydroxyl groups excluding tert-OH is 3. The first-order valence-electron chi connectivity index (χ1n) is 14.5. The predicted octanol–water partition coefficient (Wildman–Crippen LogP) is -4.30. The first-order valence-corrected chi connectivity index (χ1v) is 14.5. The number of amides is 1. The van der Waals surface area contributed by atoms with Gasteiger partial charge in [0.05, 0.1) is 30.8 Å². The highest BCUT2D eigenvalue weighted by Crippen LogP contribution is 2.32. The predicted molar refractivity (Wildman–Crippen MR) is 152 cm³/mol. The fourth-order valence-corrected chi connectivity index (χ4v) is 5.29. The zero-order chi connectivity index (χ0) is 31.9. The highest BCUT2D eigenvalue weighted by Gasteiger charge is 2.50. The Hall–Kier alpha value is -2.16. The molecule has 3 aliphatic rings. The van der Waals surface area contributed by atoms with Gasteiger partial charge < -0.3 is 77.6 Å². The normalized spacial score (nSPS) is 37.9. The van der Waals surface area contributed by atoms with E-state index in [1.165, 1.54) is 13.8 Å². The fraction of sp³-hybridized carbons (Fsp3) is 0.846. The van der Waals surface area contributed by atoms with Crippen LogP contribution < -0.4 is 33.2 Å². The van der Waals surface area contributed by atoms with Gasteiger partial charge in [-0.05, 0) is 38.8 Å². The number of nitrogens with one attached hydrogen (secondary N) is 4. The van der Waals surface area contributed by atoms with Gasteiger partial charge in [-0.1, -0.05) is 6.92 Å². The van der Waals surface area contributed by atoms with Crippen molar-refractivity contribution in [3.05, 3.63) is 11.8 Å². The lowest BCUT2D eigenvalue weighted by Crippen LogP contribution is -2.69. The summed E-state index contributed by atoms with van der Waals surface area (Å²) >= 11 is 0. The standard InChI is InChI=1S/C26H49N7O10/c1-3-26(39,33-24(29)30)23(37)32-16-9-15(28)19(18(36)20(16)43-22-17(35)10-25(2,38)12-40-22)42-21-14(27)6-5-13(41-21)11-31-7-4-8-34/h5,14-22,31,34-36,38-39H,3-4,6-12,27-28H2,1-2H3,(H,32,37)(H4,29,30,33)/t14-,15+,16-,17-,18+,19?,20+,21-,22-,25-,26?/m1/s1. The molecule has 15 N–H and O–H groups in total. The average molecular weight is 620 g/mol. The average Bonchev–Trinajstić information content (AvgIpc) is 2.92. The van der Waals surface area contributed by atoms with E-state index < -0.39 is 78.3 Å². The summed E-state index contributed by atoms with van der Waals surface area (Å²) in [5.41, 5.74) is 14.5. The Morgan fingerprint density at radius 3 is 2.56 bits per heavy atom. The third kappa shape index (κ3) is 9.41. The van der Waals surface area contributed by atoms with Crippen LogP contribution in [-0.2, 0) is 23.7 Å². The van der Waals surface area contributed by atoms with Gasteiger partial charge in [0.15, 0.2) is 12.2 Å². The largest absolute Gasteiger partial charge is 0.467 e. The number of carbonyl (C=O) groups excluding carboxylic acids is 1. The van der Waals surface area contributed by atoms with Crippen molar-refractivity contribution < 1.29 is 49.3 Å². The molecule has 0 aromatic carbocycles. The molecule has 17 nitrogen and oxygen atoms in total. The number of aliphatic hydroxyl groups is 5. The summed E-state index contributed by atoms with van der Waals surface area (Å²) in [4.78, 5) is 13.1. The van der Waals surface area contributed by atoms with E-state index in [1.54, 1.807) is 0 Å². The highest BCUT2D eigenvalue weighted by atomic mass is 16.7. The SMILES string of the molecule is CCC(O)(NC(=N)N)C(=O)N[C@@H]1C[C@H](N)C(O[C@H]2OC(CNCCCO)=CC[C@H]2N)[C@H](O)[C@H]1O[C@H]1OC[C@](C)(O)C[C@H]1O. The molecular formula is C26H49N7O10. The quantitative estimate of drug-likeness (QED) is 0.0402. The van der Waals surface area contributed by atoms with Crippen LogP contribution in [0.4, 0.5) is 0 Å². The monoisotopic (exact) mass is 619 g/mol. The molecule has 2 unspecified atom stereocenters. The summed E-state index contributed by atoms with van der Waals surface area (Å²) < 4.78 is 23.6. The highest BCUT2D eigenvalue weighted by molar-refractivity contribution is 5.89. The lowest BCUT2D eigenvalue weighted by atomic mass is 9.83. The van der Waals surface area contributed by atoms with Gasteiger partial charge in [-0.3, -0.25) is 10.2 Å². The molecule has 3 rings (SSSR count). The minimum Gasteiger partial charge on any atom is -0.467 e. The molecule has 1 saturated carbocycles. The number of hydrogen-bond acceptors (Lipinski definition) is 14. The molecule has 11 atom stereocenters. The van der Waals surface area contributed by atoms with Crippen LogP contribution in [0.25, 0.3) is 0 Å². The topological polar surface area (TPSA) is 293 Å². The van der Waals surface area contributed by atoms with Gasteiger partial charge in [0.1, 0.15) is 30.2 Å². The summed E-state index contributed by atoms with van der Waals surface area (Å²) in [6, 6.07) is -2.48. The minimum atomic E-state index is -2.24. The third-order valence-electron chi connectivity index (χ3n) is 7.71. The van der Waals surface area contributed by atoms with Crippen LogP contribution in [0.2, 0.25) is 0 Å². The summed E-state index contributed by atoms with van der Waals surface area (Å²) in [7, 11) is 0. The van der Waals surface area contributed by atoms with Crippen LogP contribution in [0, 0.1) is 5.41 Å². The second-order valence-corrected chi connectivity index (χ2v) is 11.7. The molecule has 1 saturated heterocycles. The van der Waals surface area contributed by atoms with Crippen molar-refractivity contribution in [2.45, 2.75) is 112 Å². The maximum atomic E-state index is 13.1. The molecule has 1 amide bonds. The first-order chi connectivity index (χ1) is 20.2. The van der Waals surface area contributed by atoms with Crippen LogP contribution in [0.3, 0.4) is 0 Å². The molecule has 43 heavy (non-hydrogen) atoms. The van der Waals surface area contributed by atoms with Crippen molar-refractivity contribution >= 4 is 11.9 Å². The Balaban J connectivity index is 1.79. The van der Waals surface area contributed by atoms with Gasteiger partial charge >= 0.3 is 0 Å². The van der Waals surface area contributed by atoms with E-state index in [-0.39, 0.29) is 32.5 Å². The van der Waals surface area contributed by atoms with E-state index in [0.717, 1.165) is 0 Å². The lowest BCUT2D eigenvalue weighted by Gasteiger charge is -2.47. The van der Waals surface area contributed by atoms with Gasteiger partial charge in [0, 0.05) is 25.5 Å². The van der Waals surface area contributed by atoms with Crippen molar-refractivity contribution in [3.63, 3.8) is 0 Å². The summed E-state index contributed by atoms with van der Waals surface area (Å²) in [5.74, 6) is -1.01. The Bertz CT molecular complexity index is 975. The van der Waals surface area contributed by atoms with Gasteiger partial charge in [0.2, 0.25) is 12.0 Å². The van der Waals surface area contributed by atoms with E-state index in [4.69, 9.17) is 46.7 Å². The number of hydrogen-bond donors (Lipinski definition) is 12. The van der Waals surface area contributed by atoms with Crippen molar-refractivity contribution in [3.8, 4) is 0 Å². The van der Waals surface area contributed by atoms with Crippen LogP contribution in [-0.4, -0.2) is 130 Å². The summed E-state index contributed by atoms with van der Waals surface area (Å²) in [6.45, 7) is 3.86. The molecule has 0 bridgehead atoms. The summed E-state index contributed by atoms with van der Waals surface area (Å²) in [5, 5.41) is 67.6. The molecule has 0 radical (unpaired) electrons. The smallest absolute Gasteiger partial charge is 0.273 e. The maximum absolute atomic E-state index is 13.1. The molecule has 0 spiro atoms. The lowest BCUT2D eigenvalue weighted by molar-refractivity contribution is -0.297. The van der Waals surface area contributed by atoms with Gasteiger partial charge in [0.25, 0.3) is 5.91 Å². The van der Waals surface area contributed by atoms with Gasteiger partial charge in [-0.25, -0.2) is 0 Å². The molecule has 17 heteroatoms. The molecule has 2 aliphatic heterocycles. The van der Waals surface area contributed by atoms with Crippen LogP contribution >= 0.6 is 0 Å². The molecule has 0 aromatic rings. The van der Waals surface area contributed by atoms with Crippen LogP contribution in [0.1, 0.15) is 46.0 Å². The van der Waals surface area contributed by atoms with Crippen LogP contribution in [0.5, 0.6) is 0 Å². The van der Waals surface area contributed by atoms with E-state index in [2.05, 4.69) is 16.0 Å². The first kappa shape index (κ1) is 35.3. The van der Waals surface area contributed by atoms with Crippen molar-refractivity contribution in [1.29, 1.82) is 5.41 Å². The van der Waals surface area contributed by atoms with E-state index in [9.17, 15) is 25.2 Å². The van der Waals surface area contributed by atoms with Gasteiger partial charge in [-0.2, -0.15) is 0 Å². The van der Waals surface area contributed by atoms with Gasteiger partial charge in [-0.15, -0.1) is 0 Å². The molecule has 2 heterocycles. The Morgan fingerprint density at radius 1 is 1.23 bits per heavy atom. The fourth-order valence-electron chi connectivity index (χ4n) is 5.29. The Kier molecular flexibility index (Phi) is 12.5. The maximum Gasteiger partial charge on any atom is 0.273 e. The number of guanidine groups is 1. The third-order valence-corrected chi connectivity index (χ3v) is 7.71. The second-order valence-electron chi connectivity index (χ2n) is 11.7. The van der Waals surface area contributed by atoms with E-state index >= 15 is 0 Å². The van der Waals surface area contributed by atoms with Crippen molar-refractivity contribution in [2.75, 3.05) is 26.3 Å². The summed E-state index contributed by atoms with van der Waals surface area (Å²) in [6.07, 6.45) is -4.80. The zero-order valence-electron chi connectivity index (χ0n) is 24.6. The second kappa shape index (κ2) is 15.2. The number of nitrogens with two attached hydrogens (primary N) is 3. The van der Waals surface area contributed by atoms with Crippen LogP contribution in [0.15, 0.2) is 11.8 Å². The van der Waals surface area contributed by atoms with Crippen molar-refractivity contribution in [1.82, 2.24) is 16.0 Å². The molecular weight excluding hydrogens is 570 g/mol.